The first-order valence-electron chi connectivity index (χ1n) is 8.02. The van der Waals surface area contributed by atoms with E-state index in [1.165, 1.54) is 0 Å². The Bertz CT molecular complexity index is 738. The smallest absolute Gasteiger partial charge is 0.326 e. The molecule has 23 heavy (non-hydrogen) atoms. The minimum absolute atomic E-state index is 0.0178. The number of aromatic nitrogens is 2. The Kier molecular flexibility index (Phi) is 4.32. The molecule has 1 aromatic heterocycles. The maximum atomic E-state index is 12.0. The van der Waals surface area contributed by atoms with Crippen molar-refractivity contribution in [3.63, 3.8) is 0 Å². The van der Waals surface area contributed by atoms with Gasteiger partial charge in [-0.3, -0.25) is 9.59 Å². The molecule has 1 amide bonds. The fraction of sp³-hybridized carbons (Fsp3) is 0.471. The third-order valence-electron chi connectivity index (χ3n) is 4.24. The van der Waals surface area contributed by atoms with Crippen LogP contribution in [0.5, 0.6) is 0 Å². The number of benzene rings is 1. The molecule has 1 aromatic carbocycles. The zero-order valence-electron chi connectivity index (χ0n) is 13.5. The molecule has 6 nitrogen and oxygen atoms in total. The number of nitrogens with zero attached hydrogens (tertiary/aromatic N) is 3. The maximum Gasteiger partial charge on any atom is 0.326 e. The topological polar surface area (TPSA) is 64.4 Å². The predicted octanol–water partition coefficient (Wildman–Crippen LogP) is 1.94. The first-order chi connectivity index (χ1) is 11.1. The third-order valence-corrected chi connectivity index (χ3v) is 4.24. The van der Waals surface area contributed by atoms with Crippen LogP contribution in [-0.2, 0) is 20.9 Å². The quantitative estimate of drug-likeness (QED) is 0.791. The van der Waals surface area contributed by atoms with E-state index in [1.807, 2.05) is 40.7 Å². The number of imidazole rings is 1. The van der Waals surface area contributed by atoms with Crippen molar-refractivity contribution in [3.05, 3.63) is 30.1 Å². The van der Waals surface area contributed by atoms with Crippen molar-refractivity contribution in [2.24, 2.45) is 0 Å². The van der Waals surface area contributed by atoms with Crippen LogP contribution in [0.2, 0.25) is 0 Å². The van der Waals surface area contributed by atoms with E-state index in [0.29, 0.717) is 26.1 Å². The van der Waals surface area contributed by atoms with Gasteiger partial charge in [-0.2, -0.15) is 0 Å². The molecule has 0 N–H and O–H groups in total. The molecular formula is C17H21N3O3. The first-order valence-corrected chi connectivity index (χ1v) is 8.02. The van der Waals surface area contributed by atoms with Gasteiger partial charge in [0.15, 0.2) is 0 Å². The number of likely N-dealkylation sites (tertiary alicyclic amines) is 1. The van der Waals surface area contributed by atoms with E-state index in [1.54, 1.807) is 6.92 Å². The van der Waals surface area contributed by atoms with Crippen LogP contribution in [0.1, 0.15) is 32.0 Å². The molecule has 6 heteroatoms. The highest BCUT2D eigenvalue weighted by atomic mass is 16.5. The number of ether oxygens (including phenoxy) is 1. The lowest BCUT2D eigenvalue weighted by Gasteiger charge is -2.15. The van der Waals surface area contributed by atoms with Crippen LogP contribution in [0.25, 0.3) is 11.0 Å². The molecule has 122 valence electrons. The Hall–Kier alpha value is -2.37. The normalized spacial score (nSPS) is 17.9. The van der Waals surface area contributed by atoms with E-state index in [-0.39, 0.29) is 24.3 Å². The SMILES string of the molecule is CCOC(=O)Cn1c([C@H]2CC(=O)N(CC)C2)nc2ccccc21. The van der Waals surface area contributed by atoms with E-state index in [4.69, 9.17) is 4.74 Å². The van der Waals surface area contributed by atoms with Crippen molar-refractivity contribution >= 4 is 22.9 Å². The van der Waals surface area contributed by atoms with Crippen molar-refractivity contribution < 1.29 is 14.3 Å². The first kappa shape index (κ1) is 15.5. The number of fused-ring (bicyclic) bond motifs is 1. The molecule has 0 aliphatic carbocycles. The lowest BCUT2D eigenvalue weighted by molar-refractivity contribution is -0.143. The fourth-order valence-corrected chi connectivity index (χ4v) is 3.16. The van der Waals surface area contributed by atoms with E-state index < -0.39 is 0 Å². The Morgan fingerprint density at radius 1 is 1.35 bits per heavy atom. The molecule has 2 heterocycles. The summed E-state index contributed by atoms with van der Waals surface area (Å²) < 4.78 is 6.97. The van der Waals surface area contributed by atoms with Gasteiger partial charge in [-0.1, -0.05) is 12.1 Å². The van der Waals surface area contributed by atoms with Gasteiger partial charge in [0.05, 0.1) is 17.6 Å². The van der Waals surface area contributed by atoms with E-state index in [0.717, 1.165) is 16.9 Å². The van der Waals surface area contributed by atoms with Crippen LogP contribution in [0.15, 0.2) is 24.3 Å². The van der Waals surface area contributed by atoms with Crippen molar-refractivity contribution in [1.82, 2.24) is 14.5 Å². The Balaban J connectivity index is 1.99. The van der Waals surface area contributed by atoms with Gasteiger partial charge in [0.1, 0.15) is 12.4 Å². The Labute approximate surface area is 135 Å². The lowest BCUT2D eigenvalue weighted by Crippen LogP contribution is -2.24. The van der Waals surface area contributed by atoms with Gasteiger partial charge < -0.3 is 14.2 Å². The lowest BCUT2D eigenvalue weighted by atomic mass is 10.1. The van der Waals surface area contributed by atoms with Crippen molar-refractivity contribution in [1.29, 1.82) is 0 Å². The molecule has 0 spiro atoms. The molecule has 1 atom stereocenters. The van der Waals surface area contributed by atoms with Gasteiger partial charge >= 0.3 is 5.97 Å². The molecule has 1 aliphatic rings. The number of para-hydroxylation sites is 2. The maximum absolute atomic E-state index is 12.0. The molecule has 1 saturated heterocycles. The Morgan fingerprint density at radius 2 is 2.13 bits per heavy atom. The Morgan fingerprint density at radius 3 is 2.83 bits per heavy atom. The van der Waals surface area contributed by atoms with Gasteiger partial charge in [-0.15, -0.1) is 0 Å². The average molecular weight is 315 g/mol. The number of hydrogen-bond acceptors (Lipinski definition) is 4. The molecule has 2 aromatic rings. The predicted molar refractivity (Wildman–Crippen MR) is 86.0 cm³/mol. The van der Waals surface area contributed by atoms with E-state index in [9.17, 15) is 9.59 Å². The molecule has 0 bridgehead atoms. The van der Waals surface area contributed by atoms with Crippen molar-refractivity contribution in [3.8, 4) is 0 Å². The largest absolute Gasteiger partial charge is 0.465 e. The summed E-state index contributed by atoms with van der Waals surface area (Å²) in [6.45, 7) is 5.60. The van der Waals surface area contributed by atoms with Crippen molar-refractivity contribution in [2.45, 2.75) is 32.7 Å². The standard InChI is InChI=1S/C17H21N3O3/c1-3-19-10-12(9-15(19)21)17-18-13-7-5-6-8-14(13)20(17)11-16(22)23-4-2/h5-8,12H,3-4,9-11H2,1-2H3/t12-/m0/s1. The number of hydrogen-bond donors (Lipinski definition) is 0. The highest BCUT2D eigenvalue weighted by molar-refractivity contribution is 5.81. The molecule has 0 unspecified atom stereocenters. The molecule has 0 saturated carbocycles. The summed E-state index contributed by atoms with van der Waals surface area (Å²) in [5.74, 6) is 0.675. The number of rotatable bonds is 5. The summed E-state index contributed by atoms with van der Waals surface area (Å²) in [6.07, 6.45) is 0.444. The second-order valence-corrected chi connectivity index (χ2v) is 5.68. The summed E-state index contributed by atoms with van der Waals surface area (Å²) in [6, 6.07) is 7.72. The number of likely N-dealkylation sites (N-methyl/N-ethyl adjacent to an activating group) is 1. The van der Waals surface area contributed by atoms with Gasteiger partial charge in [0, 0.05) is 25.4 Å². The van der Waals surface area contributed by atoms with Crippen molar-refractivity contribution in [2.75, 3.05) is 19.7 Å². The van der Waals surface area contributed by atoms with Crippen LogP contribution in [-0.4, -0.2) is 46.0 Å². The number of carbonyl (C=O) groups excluding carboxylic acids is 2. The summed E-state index contributed by atoms with van der Waals surface area (Å²) >= 11 is 0. The highest BCUT2D eigenvalue weighted by Crippen LogP contribution is 2.30. The van der Waals surface area contributed by atoms with Gasteiger partial charge in [0.2, 0.25) is 5.91 Å². The van der Waals surface area contributed by atoms with Gasteiger partial charge in [-0.25, -0.2) is 4.98 Å². The van der Waals surface area contributed by atoms with Gasteiger partial charge in [0.25, 0.3) is 0 Å². The number of amides is 1. The summed E-state index contributed by atoms with van der Waals surface area (Å²) in [5, 5.41) is 0. The molecule has 3 rings (SSSR count). The van der Waals surface area contributed by atoms with Crippen LogP contribution in [0.3, 0.4) is 0 Å². The molecule has 1 fully saturated rings. The summed E-state index contributed by atoms with van der Waals surface area (Å²) in [4.78, 5) is 30.5. The molecule has 1 aliphatic heterocycles. The summed E-state index contributed by atoms with van der Waals surface area (Å²) in [7, 11) is 0. The highest BCUT2D eigenvalue weighted by Gasteiger charge is 2.33. The number of carbonyl (C=O) groups is 2. The van der Waals surface area contributed by atoms with Crippen LogP contribution < -0.4 is 0 Å². The number of esters is 1. The zero-order valence-corrected chi connectivity index (χ0v) is 13.5. The summed E-state index contributed by atoms with van der Waals surface area (Å²) in [5.41, 5.74) is 1.74. The average Bonchev–Trinajstić information content (AvgIpc) is 3.08. The fourth-order valence-electron chi connectivity index (χ4n) is 3.16. The van der Waals surface area contributed by atoms with Crippen LogP contribution >= 0.6 is 0 Å². The minimum atomic E-state index is -0.284. The third kappa shape index (κ3) is 2.93. The second-order valence-electron chi connectivity index (χ2n) is 5.68. The zero-order chi connectivity index (χ0) is 16.4. The molecule has 0 radical (unpaired) electrons. The van der Waals surface area contributed by atoms with Crippen LogP contribution in [0, 0.1) is 0 Å². The minimum Gasteiger partial charge on any atom is -0.465 e. The van der Waals surface area contributed by atoms with Gasteiger partial charge in [-0.05, 0) is 26.0 Å². The van der Waals surface area contributed by atoms with E-state index in [2.05, 4.69) is 4.98 Å². The van der Waals surface area contributed by atoms with Crippen LogP contribution in [0.4, 0.5) is 0 Å². The molecular weight excluding hydrogens is 294 g/mol. The second kappa shape index (κ2) is 6.40. The van der Waals surface area contributed by atoms with E-state index >= 15 is 0 Å². The monoisotopic (exact) mass is 315 g/mol.